The summed E-state index contributed by atoms with van der Waals surface area (Å²) in [5, 5.41) is 0. The number of amides is 1. The van der Waals surface area contributed by atoms with Crippen LogP contribution in [0.2, 0.25) is 0 Å². The average molecular weight is 249 g/mol. The summed E-state index contributed by atoms with van der Waals surface area (Å²) in [5.74, 6) is 0.133. The zero-order valence-corrected chi connectivity index (χ0v) is 10.7. The monoisotopic (exact) mass is 249 g/mol. The minimum atomic E-state index is -0.165. The lowest BCUT2D eigenvalue weighted by atomic mass is 10.1. The summed E-state index contributed by atoms with van der Waals surface area (Å²) in [6, 6.07) is 9.85. The second-order valence-corrected chi connectivity index (χ2v) is 4.33. The van der Waals surface area contributed by atoms with Gasteiger partial charge in [-0.3, -0.25) is 4.79 Å². The SMILES string of the molecule is CO[C@@H](CC(=O)N1CCOCC1)c1ccccc1. The van der Waals surface area contributed by atoms with E-state index in [2.05, 4.69) is 0 Å². The molecule has 0 aliphatic carbocycles. The number of nitrogens with zero attached hydrogens (tertiary/aromatic N) is 1. The number of ether oxygens (including phenoxy) is 2. The predicted molar refractivity (Wildman–Crippen MR) is 68.2 cm³/mol. The maximum Gasteiger partial charge on any atom is 0.225 e. The summed E-state index contributed by atoms with van der Waals surface area (Å²) in [5.41, 5.74) is 1.04. The lowest BCUT2D eigenvalue weighted by Crippen LogP contribution is -2.41. The van der Waals surface area contributed by atoms with Gasteiger partial charge in [-0.2, -0.15) is 0 Å². The summed E-state index contributed by atoms with van der Waals surface area (Å²) in [6.07, 6.45) is 0.224. The molecule has 1 fully saturated rings. The Kier molecular flexibility index (Phi) is 4.73. The quantitative estimate of drug-likeness (QED) is 0.814. The first-order valence-corrected chi connectivity index (χ1v) is 6.24. The minimum Gasteiger partial charge on any atom is -0.378 e. The highest BCUT2D eigenvalue weighted by Crippen LogP contribution is 2.21. The first kappa shape index (κ1) is 13.1. The molecule has 0 unspecified atom stereocenters. The van der Waals surface area contributed by atoms with Gasteiger partial charge in [0, 0.05) is 20.2 Å². The third-order valence-electron chi connectivity index (χ3n) is 3.18. The molecule has 1 aliphatic rings. The van der Waals surface area contributed by atoms with Crippen molar-refractivity contribution in [1.29, 1.82) is 0 Å². The Hall–Kier alpha value is -1.39. The van der Waals surface area contributed by atoms with E-state index >= 15 is 0 Å². The van der Waals surface area contributed by atoms with Crippen LogP contribution in [-0.2, 0) is 14.3 Å². The van der Waals surface area contributed by atoms with Crippen LogP contribution >= 0.6 is 0 Å². The maximum absolute atomic E-state index is 12.1. The Labute approximate surface area is 107 Å². The van der Waals surface area contributed by atoms with Crippen LogP contribution in [0.3, 0.4) is 0 Å². The van der Waals surface area contributed by atoms with Gasteiger partial charge in [-0.05, 0) is 5.56 Å². The summed E-state index contributed by atoms with van der Waals surface area (Å²) in [6.45, 7) is 2.64. The molecule has 0 aromatic heterocycles. The van der Waals surface area contributed by atoms with Crippen LogP contribution in [0.15, 0.2) is 30.3 Å². The van der Waals surface area contributed by atoms with E-state index in [0.717, 1.165) is 5.56 Å². The van der Waals surface area contributed by atoms with Gasteiger partial charge in [-0.1, -0.05) is 30.3 Å². The number of morpholine rings is 1. The van der Waals surface area contributed by atoms with Gasteiger partial charge in [0.05, 0.1) is 25.7 Å². The van der Waals surface area contributed by atoms with Crippen molar-refractivity contribution in [1.82, 2.24) is 4.90 Å². The zero-order chi connectivity index (χ0) is 12.8. The number of carbonyl (C=O) groups excluding carboxylic acids is 1. The topological polar surface area (TPSA) is 38.8 Å². The standard InChI is InChI=1S/C14H19NO3/c1-17-13(12-5-3-2-4-6-12)11-14(16)15-7-9-18-10-8-15/h2-6,13H,7-11H2,1H3/t13-/m0/s1. The Bertz CT molecular complexity index is 374. The Morgan fingerprint density at radius 3 is 2.61 bits per heavy atom. The molecule has 18 heavy (non-hydrogen) atoms. The van der Waals surface area contributed by atoms with Crippen LogP contribution in [0.25, 0.3) is 0 Å². The smallest absolute Gasteiger partial charge is 0.225 e. The van der Waals surface area contributed by atoms with Gasteiger partial charge in [-0.25, -0.2) is 0 Å². The molecule has 1 aromatic rings. The second-order valence-electron chi connectivity index (χ2n) is 4.33. The van der Waals surface area contributed by atoms with E-state index in [0.29, 0.717) is 32.7 Å². The van der Waals surface area contributed by atoms with E-state index in [1.807, 2.05) is 35.2 Å². The van der Waals surface area contributed by atoms with E-state index in [4.69, 9.17) is 9.47 Å². The molecule has 0 N–H and O–H groups in total. The molecule has 98 valence electrons. The molecule has 1 heterocycles. The molecule has 4 nitrogen and oxygen atoms in total. The van der Waals surface area contributed by atoms with Crippen molar-refractivity contribution in [2.75, 3.05) is 33.4 Å². The van der Waals surface area contributed by atoms with E-state index in [-0.39, 0.29) is 12.0 Å². The molecule has 0 spiro atoms. The number of rotatable bonds is 4. The van der Waals surface area contributed by atoms with Crippen molar-refractivity contribution >= 4 is 5.91 Å². The molecule has 0 radical (unpaired) electrons. The van der Waals surface area contributed by atoms with Crippen LogP contribution in [0.1, 0.15) is 18.1 Å². The second kappa shape index (κ2) is 6.52. The van der Waals surface area contributed by atoms with Gasteiger partial charge < -0.3 is 14.4 Å². The fourth-order valence-corrected chi connectivity index (χ4v) is 2.11. The summed E-state index contributed by atoms with van der Waals surface area (Å²) >= 11 is 0. The molecular weight excluding hydrogens is 230 g/mol. The van der Waals surface area contributed by atoms with Crippen LogP contribution < -0.4 is 0 Å². The number of hydrogen-bond donors (Lipinski definition) is 0. The van der Waals surface area contributed by atoms with Crippen LogP contribution in [-0.4, -0.2) is 44.2 Å². The van der Waals surface area contributed by atoms with Crippen molar-refractivity contribution < 1.29 is 14.3 Å². The Morgan fingerprint density at radius 1 is 1.33 bits per heavy atom. The van der Waals surface area contributed by atoms with Crippen LogP contribution in [0.4, 0.5) is 0 Å². The van der Waals surface area contributed by atoms with Crippen molar-refractivity contribution in [3.63, 3.8) is 0 Å². The van der Waals surface area contributed by atoms with Gasteiger partial charge >= 0.3 is 0 Å². The fraction of sp³-hybridized carbons (Fsp3) is 0.500. The van der Waals surface area contributed by atoms with Gasteiger partial charge in [-0.15, -0.1) is 0 Å². The highest BCUT2D eigenvalue weighted by Gasteiger charge is 2.21. The molecular formula is C14H19NO3. The van der Waals surface area contributed by atoms with Gasteiger partial charge in [0.2, 0.25) is 5.91 Å². The first-order chi connectivity index (χ1) is 8.81. The number of benzene rings is 1. The van der Waals surface area contributed by atoms with Crippen molar-refractivity contribution in [3.05, 3.63) is 35.9 Å². The van der Waals surface area contributed by atoms with E-state index in [9.17, 15) is 4.79 Å². The van der Waals surface area contributed by atoms with Gasteiger partial charge in [0.15, 0.2) is 0 Å². The largest absolute Gasteiger partial charge is 0.378 e. The van der Waals surface area contributed by atoms with Crippen molar-refractivity contribution in [2.45, 2.75) is 12.5 Å². The van der Waals surface area contributed by atoms with Crippen LogP contribution in [0, 0.1) is 0 Å². The minimum absolute atomic E-state index is 0.133. The van der Waals surface area contributed by atoms with Crippen molar-refractivity contribution in [2.24, 2.45) is 0 Å². The summed E-state index contributed by atoms with van der Waals surface area (Å²) < 4.78 is 10.7. The third-order valence-corrected chi connectivity index (χ3v) is 3.18. The van der Waals surface area contributed by atoms with Crippen molar-refractivity contribution in [3.8, 4) is 0 Å². The van der Waals surface area contributed by atoms with E-state index < -0.39 is 0 Å². The molecule has 0 bridgehead atoms. The molecule has 2 rings (SSSR count). The summed E-state index contributed by atoms with van der Waals surface area (Å²) in [4.78, 5) is 14.0. The number of methoxy groups -OCH3 is 1. The number of hydrogen-bond acceptors (Lipinski definition) is 3. The Morgan fingerprint density at radius 2 is 2.00 bits per heavy atom. The maximum atomic E-state index is 12.1. The highest BCUT2D eigenvalue weighted by atomic mass is 16.5. The molecule has 0 saturated carbocycles. The zero-order valence-electron chi connectivity index (χ0n) is 10.7. The highest BCUT2D eigenvalue weighted by molar-refractivity contribution is 5.77. The summed E-state index contributed by atoms with van der Waals surface area (Å²) in [7, 11) is 1.64. The fourth-order valence-electron chi connectivity index (χ4n) is 2.11. The predicted octanol–water partition coefficient (Wildman–Crippen LogP) is 1.62. The lowest BCUT2D eigenvalue weighted by Gasteiger charge is -2.28. The average Bonchev–Trinajstić information content (AvgIpc) is 2.46. The Balaban J connectivity index is 1.95. The molecule has 4 heteroatoms. The molecule has 1 amide bonds. The molecule has 1 saturated heterocycles. The van der Waals surface area contributed by atoms with Gasteiger partial charge in [0.1, 0.15) is 0 Å². The molecule has 1 aromatic carbocycles. The first-order valence-electron chi connectivity index (χ1n) is 6.24. The van der Waals surface area contributed by atoms with Gasteiger partial charge in [0.25, 0.3) is 0 Å². The van der Waals surface area contributed by atoms with E-state index in [1.54, 1.807) is 7.11 Å². The normalized spacial score (nSPS) is 17.5. The number of carbonyl (C=O) groups is 1. The molecule has 1 atom stereocenters. The van der Waals surface area contributed by atoms with E-state index in [1.165, 1.54) is 0 Å². The molecule has 1 aliphatic heterocycles. The lowest BCUT2D eigenvalue weighted by molar-refractivity contribution is -0.137. The third kappa shape index (κ3) is 3.31. The van der Waals surface area contributed by atoms with Crippen LogP contribution in [0.5, 0.6) is 0 Å².